The average molecular weight is 321 g/mol. The van der Waals surface area contributed by atoms with E-state index >= 15 is 0 Å². The van der Waals surface area contributed by atoms with Gasteiger partial charge >= 0.3 is 6.18 Å². The molecule has 0 amide bonds. The number of halogens is 3. The van der Waals surface area contributed by atoms with Crippen molar-refractivity contribution >= 4 is 10.0 Å². The number of nitrogens with one attached hydrogen (secondary N) is 1. The molecular weight excluding hydrogens is 303 g/mol. The van der Waals surface area contributed by atoms with Gasteiger partial charge in [-0.1, -0.05) is 44.2 Å². The Morgan fingerprint density at radius 2 is 1.76 bits per heavy atom. The predicted molar refractivity (Wildman–Crippen MR) is 74.3 cm³/mol. The molecule has 1 saturated carbocycles. The summed E-state index contributed by atoms with van der Waals surface area (Å²) in [6.07, 6.45) is -5.79. The third kappa shape index (κ3) is 3.97. The van der Waals surface area contributed by atoms with Gasteiger partial charge < -0.3 is 0 Å². The van der Waals surface area contributed by atoms with E-state index < -0.39 is 28.4 Å². The number of sulfonamides is 1. The fourth-order valence-electron chi connectivity index (χ4n) is 2.64. The van der Waals surface area contributed by atoms with Crippen molar-refractivity contribution in [3.8, 4) is 0 Å². The Labute approximate surface area is 122 Å². The van der Waals surface area contributed by atoms with Crippen LogP contribution in [0.5, 0.6) is 0 Å². The second-order valence-electron chi connectivity index (χ2n) is 5.99. The zero-order chi connectivity index (χ0) is 15.9. The highest BCUT2D eigenvalue weighted by Gasteiger charge is 2.59. The van der Waals surface area contributed by atoms with Crippen LogP contribution in [0.2, 0.25) is 0 Å². The Morgan fingerprint density at radius 3 is 2.29 bits per heavy atom. The molecule has 2 atom stereocenters. The van der Waals surface area contributed by atoms with Crippen LogP contribution in [0.15, 0.2) is 30.3 Å². The maximum atomic E-state index is 12.1. The van der Waals surface area contributed by atoms with Crippen LogP contribution >= 0.6 is 0 Å². The van der Waals surface area contributed by atoms with Crippen molar-refractivity contribution in [1.29, 1.82) is 0 Å². The molecule has 1 N–H and O–H groups in total. The molecule has 7 heteroatoms. The zero-order valence-electron chi connectivity index (χ0n) is 11.8. The Kier molecular flexibility index (Phi) is 4.10. The van der Waals surface area contributed by atoms with Gasteiger partial charge in [0.05, 0.1) is 12.2 Å². The van der Waals surface area contributed by atoms with Crippen molar-refractivity contribution in [2.75, 3.05) is 5.75 Å². The molecule has 0 unspecified atom stereocenters. The molecular formula is C14H18F3NO2S. The first kappa shape index (κ1) is 16.3. The van der Waals surface area contributed by atoms with Crippen molar-refractivity contribution in [3.05, 3.63) is 35.9 Å². The van der Waals surface area contributed by atoms with Gasteiger partial charge in [-0.05, 0) is 11.0 Å². The molecule has 118 valence electrons. The van der Waals surface area contributed by atoms with Crippen molar-refractivity contribution in [2.45, 2.75) is 38.4 Å². The van der Waals surface area contributed by atoms with Gasteiger partial charge in [-0.15, -0.1) is 0 Å². The Morgan fingerprint density at radius 1 is 1.19 bits per heavy atom. The minimum Gasteiger partial charge on any atom is -0.212 e. The van der Waals surface area contributed by atoms with Crippen molar-refractivity contribution in [2.24, 2.45) is 5.41 Å². The fourth-order valence-corrected chi connectivity index (χ4v) is 4.09. The van der Waals surface area contributed by atoms with Gasteiger partial charge in [0.1, 0.15) is 0 Å². The molecule has 0 spiro atoms. The molecule has 3 nitrogen and oxygen atoms in total. The maximum absolute atomic E-state index is 12.1. The topological polar surface area (TPSA) is 46.2 Å². The second-order valence-corrected chi connectivity index (χ2v) is 7.86. The minimum absolute atomic E-state index is 0.0145. The molecule has 1 aliphatic carbocycles. The minimum atomic E-state index is -4.47. The highest BCUT2D eigenvalue weighted by atomic mass is 32.2. The fraction of sp³-hybridized carbons (Fsp3) is 0.571. The van der Waals surface area contributed by atoms with Crippen LogP contribution in [0.1, 0.15) is 31.7 Å². The van der Waals surface area contributed by atoms with Gasteiger partial charge in [-0.2, -0.15) is 13.2 Å². The van der Waals surface area contributed by atoms with E-state index in [4.69, 9.17) is 0 Å². The van der Waals surface area contributed by atoms with E-state index in [0.29, 0.717) is 0 Å². The van der Waals surface area contributed by atoms with Gasteiger partial charge in [-0.3, -0.25) is 0 Å². The quantitative estimate of drug-likeness (QED) is 0.906. The number of hydrogen-bond donors (Lipinski definition) is 1. The summed E-state index contributed by atoms with van der Waals surface area (Å²) in [6.45, 7) is 3.81. The van der Waals surface area contributed by atoms with Crippen LogP contribution in [-0.4, -0.2) is 26.4 Å². The summed E-state index contributed by atoms with van der Waals surface area (Å²) in [5.41, 5.74) is 0.693. The van der Waals surface area contributed by atoms with Crippen molar-refractivity contribution in [1.82, 2.24) is 4.72 Å². The van der Waals surface area contributed by atoms with E-state index in [1.807, 2.05) is 44.2 Å². The lowest BCUT2D eigenvalue weighted by Crippen LogP contribution is -2.32. The van der Waals surface area contributed by atoms with E-state index in [0.717, 1.165) is 5.56 Å². The SMILES string of the molecule is CC1(C)[C@@H](NS(=O)(=O)CCC(F)(F)F)[C@@H]1c1ccccc1. The lowest BCUT2D eigenvalue weighted by Gasteiger charge is -2.09. The molecule has 0 radical (unpaired) electrons. The summed E-state index contributed by atoms with van der Waals surface area (Å²) in [6, 6.07) is 9.02. The first-order valence-corrected chi connectivity index (χ1v) is 8.30. The molecule has 1 aromatic rings. The molecule has 2 rings (SSSR count). The first-order chi connectivity index (χ1) is 9.53. The molecule has 1 fully saturated rings. The highest BCUT2D eigenvalue weighted by Crippen LogP contribution is 2.58. The number of rotatable bonds is 5. The van der Waals surface area contributed by atoms with E-state index in [1.165, 1.54) is 0 Å². The zero-order valence-corrected chi connectivity index (χ0v) is 12.6. The number of alkyl halides is 3. The summed E-state index contributed by atoms with van der Waals surface area (Å²) < 4.78 is 62.4. The van der Waals surface area contributed by atoms with Gasteiger partial charge in [0.25, 0.3) is 0 Å². The van der Waals surface area contributed by atoms with Crippen molar-refractivity contribution in [3.63, 3.8) is 0 Å². The van der Waals surface area contributed by atoms with E-state index in [-0.39, 0.29) is 17.4 Å². The molecule has 0 heterocycles. The van der Waals surface area contributed by atoms with E-state index in [1.54, 1.807) is 0 Å². The van der Waals surface area contributed by atoms with Crippen LogP contribution < -0.4 is 4.72 Å². The van der Waals surface area contributed by atoms with Crippen LogP contribution in [-0.2, 0) is 10.0 Å². The molecule has 0 saturated heterocycles. The van der Waals surface area contributed by atoms with E-state index in [2.05, 4.69) is 4.72 Å². The van der Waals surface area contributed by atoms with Crippen LogP contribution in [0, 0.1) is 5.41 Å². The maximum Gasteiger partial charge on any atom is 0.390 e. The average Bonchev–Trinajstić information content (AvgIpc) is 2.88. The summed E-state index contributed by atoms with van der Waals surface area (Å²) in [5.74, 6) is -0.940. The number of benzene rings is 1. The molecule has 21 heavy (non-hydrogen) atoms. The van der Waals surface area contributed by atoms with Gasteiger partial charge in [0.15, 0.2) is 0 Å². The lowest BCUT2D eigenvalue weighted by atomic mass is 10.0. The molecule has 0 aliphatic heterocycles. The predicted octanol–water partition coefficient (Wildman–Crippen LogP) is 3.05. The van der Waals surface area contributed by atoms with Gasteiger partial charge in [0, 0.05) is 12.0 Å². The monoisotopic (exact) mass is 321 g/mol. The molecule has 0 bridgehead atoms. The Bertz CT molecular complexity index is 596. The molecule has 1 aliphatic rings. The highest BCUT2D eigenvalue weighted by molar-refractivity contribution is 7.89. The summed E-state index contributed by atoms with van der Waals surface area (Å²) in [4.78, 5) is 0. The summed E-state index contributed by atoms with van der Waals surface area (Å²) in [7, 11) is -3.93. The van der Waals surface area contributed by atoms with Gasteiger partial charge in [0.2, 0.25) is 10.0 Å². The second kappa shape index (κ2) is 5.28. The molecule has 1 aromatic carbocycles. The first-order valence-electron chi connectivity index (χ1n) is 6.65. The van der Waals surface area contributed by atoms with Crippen LogP contribution in [0.3, 0.4) is 0 Å². The Balaban J connectivity index is 2.04. The lowest BCUT2D eigenvalue weighted by molar-refractivity contribution is -0.130. The van der Waals surface area contributed by atoms with Crippen LogP contribution in [0.4, 0.5) is 13.2 Å². The van der Waals surface area contributed by atoms with Crippen LogP contribution in [0.25, 0.3) is 0 Å². The Hall–Kier alpha value is -1.08. The molecule has 0 aromatic heterocycles. The largest absolute Gasteiger partial charge is 0.390 e. The number of hydrogen-bond acceptors (Lipinski definition) is 2. The standard InChI is InChI=1S/C14H18F3NO2S/c1-13(2)11(10-6-4-3-5-7-10)12(13)18-21(19,20)9-8-14(15,16)17/h3-7,11-12,18H,8-9H2,1-2H3/t11-,12-/m0/s1. The third-order valence-electron chi connectivity index (χ3n) is 3.95. The third-order valence-corrected chi connectivity index (χ3v) is 5.30. The normalized spacial score (nSPS) is 24.8. The smallest absolute Gasteiger partial charge is 0.212 e. The summed E-state index contributed by atoms with van der Waals surface area (Å²) in [5, 5.41) is 0. The van der Waals surface area contributed by atoms with Crippen molar-refractivity contribution < 1.29 is 21.6 Å². The van der Waals surface area contributed by atoms with Gasteiger partial charge in [-0.25, -0.2) is 13.1 Å². The van der Waals surface area contributed by atoms with E-state index in [9.17, 15) is 21.6 Å². The summed E-state index contributed by atoms with van der Waals surface area (Å²) >= 11 is 0.